The summed E-state index contributed by atoms with van der Waals surface area (Å²) in [7, 11) is 0. The molecule has 4 aromatic rings. The Hall–Kier alpha value is -3.66. The monoisotopic (exact) mass is 489 g/mol. The zero-order chi connectivity index (χ0) is 24.0. The largest absolute Gasteiger partial charge is 0.494 e. The van der Waals surface area contributed by atoms with Gasteiger partial charge in [0.15, 0.2) is 17.0 Å². The minimum Gasteiger partial charge on any atom is -0.494 e. The lowest BCUT2D eigenvalue weighted by Gasteiger charge is -2.35. The van der Waals surface area contributed by atoms with E-state index in [9.17, 15) is 4.79 Å². The van der Waals surface area contributed by atoms with Crippen LogP contribution in [0.1, 0.15) is 12.5 Å². The van der Waals surface area contributed by atoms with E-state index in [1.165, 1.54) is 5.56 Å². The van der Waals surface area contributed by atoms with E-state index in [4.69, 9.17) is 4.74 Å². The zero-order valence-electron chi connectivity index (χ0n) is 19.6. The lowest BCUT2D eigenvalue weighted by Crippen LogP contribution is -2.49. The van der Waals surface area contributed by atoms with E-state index in [1.807, 2.05) is 54.3 Å². The lowest BCUT2D eigenvalue weighted by molar-refractivity contribution is -0.128. The van der Waals surface area contributed by atoms with Crippen LogP contribution < -0.4 is 9.64 Å². The van der Waals surface area contributed by atoms with E-state index in [0.29, 0.717) is 49.7 Å². The van der Waals surface area contributed by atoms with Crippen LogP contribution in [0.5, 0.6) is 5.75 Å². The number of hydrogen-bond donors (Lipinski definition) is 0. The van der Waals surface area contributed by atoms with Gasteiger partial charge in [-0.25, -0.2) is 9.97 Å². The molecular formula is C25H27N7O2S. The number of carbonyl (C=O) groups excluding carboxylic acids is 1. The van der Waals surface area contributed by atoms with E-state index < -0.39 is 0 Å². The number of amides is 1. The molecule has 1 fully saturated rings. The lowest BCUT2D eigenvalue weighted by atomic mass is 10.2. The molecule has 35 heavy (non-hydrogen) atoms. The van der Waals surface area contributed by atoms with Crippen LogP contribution in [0.3, 0.4) is 0 Å². The average Bonchev–Trinajstić information content (AvgIpc) is 3.34. The van der Waals surface area contributed by atoms with Gasteiger partial charge in [-0.2, -0.15) is 4.68 Å². The number of fused-ring (bicyclic) bond motifs is 1. The molecule has 5 rings (SSSR count). The first-order valence-electron chi connectivity index (χ1n) is 11.7. The number of piperazine rings is 1. The van der Waals surface area contributed by atoms with Crippen molar-refractivity contribution < 1.29 is 9.53 Å². The van der Waals surface area contributed by atoms with Gasteiger partial charge < -0.3 is 14.5 Å². The Morgan fingerprint density at radius 2 is 1.77 bits per heavy atom. The summed E-state index contributed by atoms with van der Waals surface area (Å²) in [5.41, 5.74) is 3.39. The van der Waals surface area contributed by atoms with Gasteiger partial charge in [0.2, 0.25) is 5.91 Å². The highest BCUT2D eigenvalue weighted by Gasteiger charge is 2.24. The topological polar surface area (TPSA) is 89.3 Å². The second kappa shape index (κ2) is 10.7. The Morgan fingerprint density at radius 3 is 2.51 bits per heavy atom. The first kappa shape index (κ1) is 23.1. The predicted molar refractivity (Wildman–Crippen MR) is 137 cm³/mol. The molecule has 3 heterocycles. The highest BCUT2D eigenvalue weighted by molar-refractivity contribution is 7.99. The molecule has 2 aromatic heterocycles. The fourth-order valence-electron chi connectivity index (χ4n) is 4.08. The van der Waals surface area contributed by atoms with Gasteiger partial charge in [-0.15, -0.1) is 16.9 Å². The molecule has 1 amide bonds. The van der Waals surface area contributed by atoms with Gasteiger partial charge in [0.1, 0.15) is 12.1 Å². The first-order chi connectivity index (χ1) is 17.2. The maximum absolute atomic E-state index is 12.7. The fourth-order valence-corrected chi connectivity index (χ4v) is 4.97. The van der Waals surface area contributed by atoms with E-state index in [1.54, 1.807) is 22.8 Å². The van der Waals surface area contributed by atoms with Crippen LogP contribution in [0.25, 0.3) is 16.9 Å². The second-order valence-corrected chi connectivity index (χ2v) is 9.13. The molecule has 1 aliphatic heterocycles. The molecule has 0 unspecified atom stereocenters. The van der Waals surface area contributed by atoms with Gasteiger partial charge in [0.25, 0.3) is 0 Å². The van der Waals surface area contributed by atoms with Crippen molar-refractivity contribution in [3.8, 4) is 11.4 Å². The van der Waals surface area contributed by atoms with E-state index >= 15 is 0 Å². The number of ether oxygens (including phenoxy) is 1. The number of thioether (sulfide) groups is 1. The summed E-state index contributed by atoms with van der Waals surface area (Å²) in [6.45, 7) is 5.27. The number of rotatable bonds is 8. The van der Waals surface area contributed by atoms with Crippen LogP contribution in [0.15, 0.2) is 60.9 Å². The molecule has 9 nitrogen and oxygen atoms in total. The molecule has 0 spiro atoms. The molecule has 0 aliphatic carbocycles. The van der Waals surface area contributed by atoms with Crippen LogP contribution in [-0.4, -0.2) is 74.3 Å². The Balaban J connectivity index is 1.22. The Morgan fingerprint density at radius 1 is 1.00 bits per heavy atom. The van der Waals surface area contributed by atoms with Crippen LogP contribution >= 0.6 is 11.8 Å². The predicted octanol–water partition coefficient (Wildman–Crippen LogP) is 3.19. The van der Waals surface area contributed by atoms with Crippen molar-refractivity contribution in [1.82, 2.24) is 29.9 Å². The van der Waals surface area contributed by atoms with Crippen LogP contribution in [0.4, 0.5) is 5.82 Å². The quantitative estimate of drug-likeness (QED) is 0.373. The van der Waals surface area contributed by atoms with Crippen molar-refractivity contribution >= 4 is 34.7 Å². The Kier molecular flexibility index (Phi) is 7.08. The second-order valence-electron chi connectivity index (χ2n) is 8.14. The average molecular weight is 490 g/mol. The summed E-state index contributed by atoms with van der Waals surface area (Å²) < 4.78 is 7.23. The molecule has 1 saturated heterocycles. The van der Waals surface area contributed by atoms with Gasteiger partial charge in [-0.1, -0.05) is 35.5 Å². The third-order valence-corrected chi connectivity index (χ3v) is 6.87. The fraction of sp³-hybridized carbons (Fsp3) is 0.320. The third kappa shape index (κ3) is 5.22. The summed E-state index contributed by atoms with van der Waals surface area (Å²) >= 11 is 1.66. The van der Waals surface area contributed by atoms with Gasteiger partial charge in [0.05, 0.1) is 18.0 Å². The molecule has 0 saturated carbocycles. The van der Waals surface area contributed by atoms with Crippen LogP contribution in [0.2, 0.25) is 0 Å². The van der Waals surface area contributed by atoms with Crippen molar-refractivity contribution in [2.24, 2.45) is 0 Å². The maximum atomic E-state index is 12.7. The number of aromatic nitrogens is 5. The zero-order valence-corrected chi connectivity index (χ0v) is 20.4. The molecule has 2 aromatic carbocycles. The van der Waals surface area contributed by atoms with Crippen molar-refractivity contribution in [3.05, 3.63) is 66.5 Å². The summed E-state index contributed by atoms with van der Waals surface area (Å²) in [4.78, 5) is 25.7. The maximum Gasteiger partial charge on any atom is 0.232 e. The molecule has 1 aliphatic rings. The minimum atomic E-state index is 0.180. The summed E-state index contributed by atoms with van der Waals surface area (Å²) in [6.07, 6.45) is 1.55. The van der Waals surface area contributed by atoms with Crippen LogP contribution in [-0.2, 0) is 10.5 Å². The van der Waals surface area contributed by atoms with Crippen molar-refractivity contribution in [3.63, 3.8) is 0 Å². The summed E-state index contributed by atoms with van der Waals surface area (Å²) in [5, 5.41) is 8.71. The van der Waals surface area contributed by atoms with Gasteiger partial charge >= 0.3 is 0 Å². The highest BCUT2D eigenvalue weighted by atomic mass is 32.2. The number of hydrogen-bond acceptors (Lipinski definition) is 8. The summed E-state index contributed by atoms with van der Waals surface area (Å²) in [6, 6.07) is 17.9. The number of carbonyl (C=O) groups is 1. The summed E-state index contributed by atoms with van der Waals surface area (Å²) in [5.74, 6) is 3.07. The molecule has 0 radical (unpaired) electrons. The van der Waals surface area contributed by atoms with Crippen molar-refractivity contribution in [2.75, 3.05) is 43.4 Å². The molecule has 180 valence electrons. The first-order valence-corrected chi connectivity index (χ1v) is 12.8. The Bertz CT molecular complexity index is 1270. The van der Waals surface area contributed by atoms with Gasteiger partial charge in [-0.05, 0) is 36.8 Å². The number of anilines is 1. The van der Waals surface area contributed by atoms with Crippen molar-refractivity contribution in [2.45, 2.75) is 12.7 Å². The molecule has 0 bridgehead atoms. The van der Waals surface area contributed by atoms with E-state index in [2.05, 4.69) is 37.3 Å². The van der Waals surface area contributed by atoms with E-state index in [0.717, 1.165) is 23.0 Å². The van der Waals surface area contributed by atoms with Crippen LogP contribution in [0, 0.1) is 0 Å². The number of nitrogens with zero attached hydrogens (tertiary/aromatic N) is 7. The van der Waals surface area contributed by atoms with Gasteiger partial charge in [0, 0.05) is 31.9 Å². The molecule has 10 heteroatoms. The molecule has 0 atom stereocenters. The smallest absolute Gasteiger partial charge is 0.232 e. The normalized spacial score (nSPS) is 13.9. The van der Waals surface area contributed by atoms with Crippen molar-refractivity contribution in [1.29, 1.82) is 0 Å². The Labute approximate surface area is 208 Å². The molecular weight excluding hydrogens is 462 g/mol. The highest BCUT2D eigenvalue weighted by Crippen LogP contribution is 2.24. The minimum absolute atomic E-state index is 0.180. The van der Waals surface area contributed by atoms with Gasteiger partial charge in [-0.3, -0.25) is 4.79 Å². The third-order valence-electron chi connectivity index (χ3n) is 5.88. The molecule has 0 N–H and O–H groups in total. The van der Waals surface area contributed by atoms with E-state index in [-0.39, 0.29) is 5.91 Å². The SMILES string of the molecule is CCOc1ccc(-n2nnc3c(N4CCN(C(=O)CSCc5ccccc5)CC4)ncnc32)cc1. The number of benzene rings is 2. The standard InChI is InChI=1S/C25H27N7O2S/c1-2-34-21-10-8-20(9-11-21)32-25-23(28-29-32)24(26-18-27-25)31-14-12-30(13-15-31)22(33)17-35-16-19-6-4-3-5-7-19/h3-11,18H,2,12-17H2,1H3.